The van der Waals surface area contributed by atoms with Crippen molar-refractivity contribution in [2.45, 2.75) is 56.9 Å². The van der Waals surface area contributed by atoms with E-state index in [0.717, 1.165) is 46.6 Å². The van der Waals surface area contributed by atoms with Crippen molar-refractivity contribution in [3.63, 3.8) is 0 Å². The zero-order chi connectivity index (χ0) is 19.1. The van der Waals surface area contributed by atoms with Crippen molar-refractivity contribution >= 4 is 55.7 Å². The second-order valence-corrected chi connectivity index (χ2v) is 10.8. The summed E-state index contributed by atoms with van der Waals surface area (Å²) >= 11 is 4.94. The predicted molar refractivity (Wildman–Crippen MR) is 117 cm³/mol. The first-order valence-corrected chi connectivity index (χ1v) is 12.5. The highest BCUT2D eigenvalue weighted by Crippen LogP contribution is 2.40. The average molecular weight is 431 g/mol. The number of nitrogens with zero attached hydrogens (tertiary/aromatic N) is 3. The minimum atomic E-state index is -0.0134. The molecule has 0 aromatic carbocycles. The molecule has 0 saturated heterocycles. The zero-order valence-electron chi connectivity index (χ0n) is 15.8. The van der Waals surface area contributed by atoms with Crippen LogP contribution in [0.25, 0.3) is 10.2 Å². The lowest BCUT2D eigenvalue weighted by atomic mass is 9.89. The highest BCUT2D eigenvalue weighted by atomic mass is 32.2. The molecule has 3 heterocycles. The number of aryl methyl sites for hydroxylation is 3. The smallest absolute Gasteiger partial charge is 0.236 e. The summed E-state index contributed by atoms with van der Waals surface area (Å²) in [4.78, 5) is 29.9. The first-order chi connectivity index (χ1) is 13.7. The molecule has 3 aromatic heterocycles. The first kappa shape index (κ1) is 18.5. The second kappa shape index (κ2) is 7.72. The van der Waals surface area contributed by atoms with Gasteiger partial charge in [-0.15, -0.1) is 22.7 Å². The van der Waals surface area contributed by atoms with Crippen molar-refractivity contribution in [2.75, 3.05) is 11.1 Å². The highest BCUT2D eigenvalue weighted by Gasteiger charge is 2.23. The number of thioether (sulfide) groups is 1. The topological polar surface area (TPSA) is 67.8 Å². The number of hydrogen-bond acceptors (Lipinski definition) is 7. The monoisotopic (exact) mass is 430 g/mol. The fourth-order valence-corrected chi connectivity index (χ4v) is 7.36. The van der Waals surface area contributed by atoms with Gasteiger partial charge in [0.2, 0.25) is 5.91 Å². The third-order valence-corrected chi connectivity index (χ3v) is 8.71. The van der Waals surface area contributed by atoms with E-state index >= 15 is 0 Å². The van der Waals surface area contributed by atoms with E-state index in [1.54, 1.807) is 29.0 Å². The van der Waals surface area contributed by atoms with Gasteiger partial charge in [0.1, 0.15) is 16.2 Å². The van der Waals surface area contributed by atoms with Crippen molar-refractivity contribution in [3.8, 4) is 0 Å². The summed E-state index contributed by atoms with van der Waals surface area (Å²) < 4.78 is 0. The van der Waals surface area contributed by atoms with Gasteiger partial charge < -0.3 is 5.32 Å². The molecule has 2 aliphatic rings. The quantitative estimate of drug-likeness (QED) is 0.472. The molecule has 0 unspecified atom stereocenters. The van der Waals surface area contributed by atoms with E-state index in [1.807, 2.05) is 0 Å². The molecule has 0 bridgehead atoms. The number of rotatable bonds is 4. The van der Waals surface area contributed by atoms with E-state index in [1.165, 1.54) is 57.4 Å². The fourth-order valence-electron chi connectivity index (χ4n) is 4.05. The van der Waals surface area contributed by atoms with Crippen molar-refractivity contribution in [1.29, 1.82) is 0 Å². The molecule has 0 fully saturated rings. The van der Waals surface area contributed by atoms with Gasteiger partial charge in [-0.3, -0.25) is 4.79 Å². The van der Waals surface area contributed by atoms with Gasteiger partial charge in [-0.25, -0.2) is 15.0 Å². The molecule has 0 spiro atoms. The lowest BCUT2D eigenvalue weighted by Crippen LogP contribution is -2.14. The Kier molecular flexibility index (Phi) is 5.11. The van der Waals surface area contributed by atoms with Gasteiger partial charge in [0.25, 0.3) is 0 Å². The van der Waals surface area contributed by atoms with Gasteiger partial charge in [0, 0.05) is 15.1 Å². The van der Waals surface area contributed by atoms with Crippen LogP contribution in [0, 0.1) is 5.92 Å². The van der Waals surface area contributed by atoms with Gasteiger partial charge in [-0.1, -0.05) is 18.7 Å². The van der Waals surface area contributed by atoms with E-state index in [9.17, 15) is 4.79 Å². The highest BCUT2D eigenvalue weighted by molar-refractivity contribution is 8.00. The van der Waals surface area contributed by atoms with Crippen LogP contribution < -0.4 is 5.32 Å². The standard InChI is InChI=1S/C20H22N4OS3/c1-11-6-7-12-15(8-11)27-19-17(12)18(21-10-22-19)26-9-16(25)24-20-23-13-4-2-3-5-14(13)28-20/h10-11H,2-9H2,1H3,(H,23,24,25)/t11-/m0/s1. The molecule has 146 valence electrons. The normalized spacial score (nSPS) is 18.7. The zero-order valence-corrected chi connectivity index (χ0v) is 18.2. The fraction of sp³-hybridized carbons (Fsp3) is 0.500. The lowest BCUT2D eigenvalue weighted by Gasteiger charge is -2.18. The second-order valence-electron chi connectivity index (χ2n) is 7.64. The maximum atomic E-state index is 12.5. The molecule has 2 aliphatic carbocycles. The molecular formula is C20H22N4OS3. The maximum Gasteiger partial charge on any atom is 0.236 e. The van der Waals surface area contributed by atoms with Crippen molar-refractivity contribution in [2.24, 2.45) is 5.92 Å². The summed E-state index contributed by atoms with van der Waals surface area (Å²) in [6.07, 6.45) is 9.63. The van der Waals surface area contributed by atoms with Gasteiger partial charge >= 0.3 is 0 Å². The molecule has 28 heavy (non-hydrogen) atoms. The van der Waals surface area contributed by atoms with Crippen molar-refractivity contribution in [1.82, 2.24) is 15.0 Å². The molecule has 0 saturated carbocycles. The third-order valence-electron chi connectivity index (χ3n) is 5.49. The summed E-state index contributed by atoms with van der Waals surface area (Å²) in [6.45, 7) is 2.31. The maximum absolute atomic E-state index is 12.5. The number of aromatic nitrogens is 3. The first-order valence-electron chi connectivity index (χ1n) is 9.84. The van der Waals surface area contributed by atoms with Crippen LogP contribution in [-0.2, 0) is 30.5 Å². The predicted octanol–water partition coefficient (Wildman–Crippen LogP) is 4.88. The molecular weight excluding hydrogens is 408 g/mol. The molecule has 8 heteroatoms. The molecule has 5 nitrogen and oxygen atoms in total. The Morgan fingerprint density at radius 3 is 3.00 bits per heavy atom. The number of carbonyl (C=O) groups excluding carboxylic acids is 1. The van der Waals surface area contributed by atoms with Crippen LogP contribution in [0.3, 0.4) is 0 Å². The van der Waals surface area contributed by atoms with Crippen molar-refractivity contribution in [3.05, 3.63) is 27.3 Å². The Morgan fingerprint density at radius 1 is 1.21 bits per heavy atom. The van der Waals surface area contributed by atoms with E-state index < -0.39 is 0 Å². The van der Waals surface area contributed by atoms with Gasteiger partial charge in [-0.05, 0) is 56.4 Å². The van der Waals surface area contributed by atoms with E-state index in [-0.39, 0.29) is 5.91 Å². The molecule has 0 radical (unpaired) electrons. The van der Waals surface area contributed by atoms with Crippen LogP contribution in [0.15, 0.2) is 11.4 Å². The Labute approximate surface area is 176 Å². The van der Waals surface area contributed by atoms with Crippen LogP contribution >= 0.6 is 34.4 Å². The minimum absolute atomic E-state index is 0.0134. The summed E-state index contributed by atoms with van der Waals surface area (Å²) in [6, 6.07) is 0. The Balaban J connectivity index is 1.30. The SMILES string of the molecule is C[C@H]1CCc2c(sc3ncnc(SCC(=O)Nc4nc5c(s4)CCCC5)c23)C1. The molecule has 1 N–H and O–H groups in total. The van der Waals surface area contributed by atoms with Crippen LogP contribution in [-0.4, -0.2) is 26.6 Å². The number of anilines is 1. The Bertz CT molecular complexity index is 1020. The third kappa shape index (κ3) is 3.57. The number of hydrogen-bond donors (Lipinski definition) is 1. The van der Waals surface area contributed by atoms with Gasteiger partial charge in [0.05, 0.1) is 11.4 Å². The van der Waals surface area contributed by atoms with Crippen LogP contribution in [0.4, 0.5) is 5.13 Å². The van der Waals surface area contributed by atoms with Crippen LogP contribution in [0.2, 0.25) is 0 Å². The van der Waals surface area contributed by atoms with Crippen LogP contribution in [0.1, 0.15) is 47.2 Å². The number of thiophene rings is 1. The van der Waals surface area contributed by atoms with E-state index in [0.29, 0.717) is 5.75 Å². The Morgan fingerprint density at radius 2 is 2.11 bits per heavy atom. The molecule has 1 atom stereocenters. The number of carbonyl (C=O) groups is 1. The molecule has 0 aliphatic heterocycles. The Hall–Kier alpha value is -1.51. The van der Waals surface area contributed by atoms with Crippen molar-refractivity contribution < 1.29 is 4.79 Å². The minimum Gasteiger partial charge on any atom is -0.301 e. The average Bonchev–Trinajstić information content (AvgIpc) is 3.26. The number of thiazole rings is 1. The number of amides is 1. The largest absolute Gasteiger partial charge is 0.301 e. The summed E-state index contributed by atoms with van der Waals surface area (Å²) in [5.74, 6) is 1.07. The summed E-state index contributed by atoms with van der Waals surface area (Å²) in [5.41, 5.74) is 2.59. The molecule has 5 rings (SSSR count). The lowest BCUT2D eigenvalue weighted by molar-refractivity contribution is -0.113. The molecule has 3 aromatic rings. The molecule has 1 amide bonds. The van der Waals surface area contributed by atoms with Crippen LogP contribution in [0.5, 0.6) is 0 Å². The van der Waals surface area contributed by atoms with E-state index in [2.05, 4.69) is 27.2 Å². The number of nitrogens with one attached hydrogen (secondary N) is 1. The summed E-state index contributed by atoms with van der Waals surface area (Å²) in [5, 5.41) is 5.84. The van der Waals surface area contributed by atoms with E-state index in [4.69, 9.17) is 0 Å². The van der Waals surface area contributed by atoms with Gasteiger partial charge in [-0.2, -0.15) is 0 Å². The summed E-state index contributed by atoms with van der Waals surface area (Å²) in [7, 11) is 0. The number of fused-ring (bicyclic) bond motifs is 4. The van der Waals surface area contributed by atoms with Gasteiger partial charge in [0.15, 0.2) is 5.13 Å².